The molecule has 0 spiro atoms. The molecule has 0 atom stereocenters. The number of aryl methyl sites for hydroxylation is 1. The molecule has 0 saturated heterocycles. The van der Waals surface area contributed by atoms with E-state index in [4.69, 9.17) is 16.3 Å². The van der Waals surface area contributed by atoms with Crippen LogP contribution in [0.3, 0.4) is 0 Å². The molecule has 2 aromatic carbocycles. The van der Waals surface area contributed by atoms with Gasteiger partial charge in [0.15, 0.2) is 5.75 Å². The van der Waals surface area contributed by atoms with Crippen LogP contribution in [0.25, 0.3) is 0 Å². The molecule has 0 bridgehead atoms. The van der Waals surface area contributed by atoms with Crippen LogP contribution in [0, 0.1) is 6.92 Å². The quantitative estimate of drug-likeness (QED) is 0.579. The molecule has 4 heteroatoms. The second-order valence-corrected chi connectivity index (χ2v) is 7.29. The predicted octanol–water partition coefficient (Wildman–Crippen LogP) is 5.60. The lowest BCUT2D eigenvalue weighted by Gasteiger charge is -2.23. The van der Waals surface area contributed by atoms with Crippen LogP contribution in [0.2, 0.25) is 5.02 Å². The highest BCUT2D eigenvalue weighted by molar-refractivity contribution is 6.30. The summed E-state index contributed by atoms with van der Waals surface area (Å²) in [6.45, 7) is 11.2. The molecule has 1 N–H and O–H groups in total. The van der Waals surface area contributed by atoms with Gasteiger partial charge < -0.3 is 10.1 Å². The van der Waals surface area contributed by atoms with Gasteiger partial charge in [0, 0.05) is 11.6 Å². The predicted molar refractivity (Wildman–Crippen MR) is 100 cm³/mol. The van der Waals surface area contributed by atoms with Gasteiger partial charge in [-0.15, -0.1) is 0 Å². The number of halogens is 1. The number of carbonyl (C=O) groups is 1. The summed E-state index contributed by atoms with van der Waals surface area (Å²) in [5.74, 6) is 0.151. The molecule has 0 fully saturated rings. The number of anilines is 1. The van der Waals surface area contributed by atoms with Gasteiger partial charge in [-0.3, -0.25) is 0 Å². The fourth-order valence-electron chi connectivity index (χ4n) is 2.43. The first-order chi connectivity index (χ1) is 11.2. The monoisotopic (exact) mass is 345 g/mol. The molecule has 128 valence electrons. The third-order valence-electron chi connectivity index (χ3n) is 3.76. The summed E-state index contributed by atoms with van der Waals surface area (Å²) < 4.78 is 5.68. The number of benzene rings is 2. The second-order valence-electron chi connectivity index (χ2n) is 6.85. The van der Waals surface area contributed by atoms with E-state index >= 15 is 0 Å². The highest BCUT2D eigenvalue weighted by Gasteiger charge is 2.20. The van der Waals surface area contributed by atoms with Crippen LogP contribution in [-0.2, 0) is 5.41 Å². The third-order valence-corrected chi connectivity index (χ3v) is 4.00. The van der Waals surface area contributed by atoms with Crippen LogP contribution >= 0.6 is 11.6 Å². The average Bonchev–Trinajstić information content (AvgIpc) is 2.49. The molecule has 24 heavy (non-hydrogen) atoms. The molecular formula is C20H24ClNO2. The van der Waals surface area contributed by atoms with Gasteiger partial charge in [-0.2, -0.15) is 0 Å². The summed E-state index contributed by atoms with van der Waals surface area (Å²) in [4.78, 5) is 12.4. The number of hydrogen-bond acceptors (Lipinski definition) is 3. The van der Waals surface area contributed by atoms with Crippen LogP contribution < -0.4 is 10.1 Å². The Morgan fingerprint density at radius 3 is 2.50 bits per heavy atom. The van der Waals surface area contributed by atoms with Crippen molar-refractivity contribution in [3.05, 3.63) is 58.1 Å². The zero-order valence-corrected chi connectivity index (χ0v) is 15.6. The fraction of sp³-hybridized carbons (Fsp3) is 0.350. The van der Waals surface area contributed by atoms with E-state index in [9.17, 15) is 4.79 Å². The minimum atomic E-state index is -0.414. The lowest BCUT2D eigenvalue weighted by molar-refractivity contribution is 0.0734. The van der Waals surface area contributed by atoms with Crippen molar-refractivity contribution >= 4 is 23.3 Å². The Balaban J connectivity index is 2.40. The van der Waals surface area contributed by atoms with Crippen molar-refractivity contribution in [1.82, 2.24) is 0 Å². The summed E-state index contributed by atoms with van der Waals surface area (Å²) >= 11 is 5.96. The van der Waals surface area contributed by atoms with Crippen molar-refractivity contribution in [3.63, 3.8) is 0 Å². The molecule has 0 unspecified atom stereocenters. The Morgan fingerprint density at radius 2 is 1.92 bits per heavy atom. The van der Waals surface area contributed by atoms with Gasteiger partial charge >= 0.3 is 5.97 Å². The van der Waals surface area contributed by atoms with Gasteiger partial charge in [0.25, 0.3) is 0 Å². The summed E-state index contributed by atoms with van der Waals surface area (Å²) in [6, 6.07) is 10.9. The zero-order valence-electron chi connectivity index (χ0n) is 14.9. The van der Waals surface area contributed by atoms with Crippen molar-refractivity contribution in [3.8, 4) is 5.75 Å². The second kappa shape index (κ2) is 7.27. The Morgan fingerprint density at radius 1 is 1.21 bits per heavy atom. The number of carbonyl (C=O) groups excluding carboxylic acids is 1. The maximum absolute atomic E-state index is 12.4. The summed E-state index contributed by atoms with van der Waals surface area (Å²) in [5, 5.41) is 3.80. The van der Waals surface area contributed by atoms with Gasteiger partial charge in [-0.25, -0.2) is 4.79 Å². The van der Waals surface area contributed by atoms with E-state index in [1.165, 1.54) is 5.56 Å². The summed E-state index contributed by atoms with van der Waals surface area (Å²) in [6.07, 6.45) is 0. The third kappa shape index (κ3) is 4.30. The Labute approximate surface area is 149 Å². The van der Waals surface area contributed by atoms with Gasteiger partial charge in [0.1, 0.15) is 0 Å². The highest BCUT2D eigenvalue weighted by Crippen LogP contribution is 2.35. The molecule has 0 aliphatic heterocycles. The topological polar surface area (TPSA) is 38.3 Å². The van der Waals surface area contributed by atoms with E-state index < -0.39 is 5.97 Å². The van der Waals surface area contributed by atoms with Crippen LogP contribution in [0.4, 0.5) is 5.69 Å². The standard InChI is InChI=1S/C20H24ClNO2/c1-6-22-17-12-15(20(3,4)5)10-13(2)18(17)24-19(23)14-8-7-9-16(21)11-14/h7-12,22H,6H2,1-5H3. The first-order valence-corrected chi connectivity index (χ1v) is 8.47. The van der Waals surface area contributed by atoms with Crippen LogP contribution in [0.1, 0.15) is 49.2 Å². The highest BCUT2D eigenvalue weighted by atomic mass is 35.5. The van der Waals surface area contributed by atoms with Crippen LogP contribution in [0.5, 0.6) is 5.75 Å². The molecule has 0 amide bonds. The summed E-state index contributed by atoms with van der Waals surface area (Å²) in [5.41, 5.74) is 3.40. The maximum atomic E-state index is 12.4. The number of ether oxygens (including phenoxy) is 1. The van der Waals surface area contributed by atoms with Crippen molar-refractivity contribution in [2.75, 3.05) is 11.9 Å². The van der Waals surface area contributed by atoms with Crippen molar-refractivity contribution in [2.24, 2.45) is 0 Å². The SMILES string of the molecule is CCNc1cc(C(C)(C)C)cc(C)c1OC(=O)c1cccc(Cl)c1. The number of rotatable bonds is 4. The van der Waals surface area contributed by atoms with Crippen LogP contribution in [0.15, 0.2) is 36.4 Å². The van der Waals surface area contributed by atoms with Crippen LogP contribution in [-0.4, -0.2) is 12.5 Å². The van der Waals surface area contributed by atoms with Gasteiger partial charge in [0.05, 0.1) is 11.3 Å². The molecule has 3 nitrogen and oxygen atoms in total. The van der Waals surface area contributed by atoms with Crippen molar-refractivity contribution < 1.29 is 9.53 Å². The van der Waals surface area contributed by atoms with Crippen molar-refractivity contribution in [2.45, 2.75) is 40.0 Å². The number of hydrogen-bond donors (Lipinski definition) is 1. The van der Waals surface area contributed by atoms with Gasteiger partial charge in [-0.1, -0.05) is 44.5 Å². The lowest BCUT2D eigenvalue weighted by atomic mass is 9.85. The smallest absolute Gasteiger partial charge is 0.343 e. The Hall–Kier alpha value is -2.00. The Bertz CT molecular complexity index is 748. The van der Waals surface area contributed by atoms with E-state index in [1.54, 1.807) is 24.3 Å². The van der Waals surface area contributed by atoms with E-state index in [0.29, 0.717) is 16.3 Å². The van der Waals surface area contributed by atoms with E-state index in [1.807, 2.05) is 13.8 Å². The van der Waals surface area contributed by atoms with Gasteiger partial charge in [-0.05, 0) is 54.7 Å². The fourth-order valence-corrected chi connectivity index (χ4v) is 2.62. The van der Waals surface area contributed by atoms with E-state index in [0.717, 1.165) is 17.8 Å². The molecule has 0 aliphatic carbocycles. The van der Waals surface area contributed by atoms with E-state index in [2.05, 4.69) is 38.2 Å². The molecule has 2 rings (SSSR count). The molecule has 0 aliphatic rings. The minimum Gasteiger partial charge on any atom is -0.420 e. The average molecular weight is 346 g/mol. The molecular weight excluding hydrogens is 322 g/mol. The first-order valence-electron chi connectivity index (χ1n) is 8.09. The van der Waals surface area contributed by atoms with Gasteiger partial charge in [0.2, 0.25) is 0 Å². The van der Waals surface area contributed by atoms with E-state index in [-0.39, 0.29) is 5.41 Å². The Kier molecular flexibility index (Phi) is 5.55. The minimum absolute atomic E-state index is 0.0183. The lowest BCUT2D eigenvalue weighted by Crippen LogP contribution is -2.15. The molecule has 0 radical (unpaired) electrons. The van der Waals surface area contributed by atoms with Crippen molar-refractivity contribution in [1.29, 1.82) is 0 Å². The number of nitrogens with one attached hydrogen (secondary N) is 1. The first kappa shape index (κ1) is 18.3. The largest absolute Gasteiger partial charge is 0.420 e. The number of esters is 1. The normalized spacial score (nSPS) is 11.2. The molecule has 0 aromatic heterocycles. The maximum Gasteiger partial charge on any atom is 0.343 e. The molecule has 0 heterocycles. The molecule has 2 aromatic rings. The molecule has 0 saturated carbocycles. The summed E-state index contributed by atoms with van der Waals surface area (Å²) in [7, 11) is 0. The zero-order chi connectivity index (χ0) is 17.9.